The zero-order chi connectivity index (χ0) is 25.1. The highest BCUT2D eigenvalue weighted by atomic mass is 35.5. The van der Waals surface area contributed by atoms with E-state index in [4.69, 9.17) is 25.8 Å². The fourth-order valence-electron chi connectivity index (χ4n) is 5.78. The van der Waals surface area contributed by atoms with Gasteiger partial charge in [0.15, 0.2) is 5.78 Å². The molecule has 0 unspecified atom stereocenters. The molecule has 0 N–H and O–H groups in total. The molecular formula is C28H31ClO6. The number of halogens is 1. The molecule has 2 aromatic carbocycles. The van der Waals surface area contributed by atoms with Crippen LogP contribution in [0, 0.1) is 11.3 Å². The Morgan fingerprint density at radius 2 is 1.46 bits per heavy atom. The number of hydrogen-bond acceptors (Lipinski definition) is 6. The molecule has 1 saturated carbocycles. The minimum atomic E-state index is -1.93. The lowest BCUT2D eigenvalue weighted by Gasteiger charge is -2.44. The van der Waals surface area contributed by atoms with Crippen molar-refractivity contribution in [3.63, 3.8) is 0 Å². The zero-order valence-corrected chi connectivity index (χ0v) is 20.9. The molecule has 35 heavy (non-hydrogen) atoms. The van der Waals surface area contributed by atoms with E-state index in [0.29, 0.717) is 29.0 Å². The first-order valence-electron chi connectivity index (χ1n) is 12.3. The van der Waals surface area contributed by atoms with Crippen molar-refractivity contribution in [2.75, 3.05) is 13.2 Å². The van der Waals surface area contributed by atoms with Crippen LogP contribution in [0.4, 0.5) is 0 Å². The Morgan fingerprint density at radius 1 is 0.886 bits per heavy atom. The molecule has 4 rings (SSSR count). The lowest BCUT2D eigenvalue weighted by Crippen LogP contribution is -2.61. The van der Waals surface area contributed by atoms with Crippen molar-refractivity contribution in [1.82, 2.24) is 0 Å². The van der Waals surface area contributed by atoms with E-state index in [0.717, 1.165) is 19.3 Å². The third-order valence-electron chi connectivity index (χ3n) is 7.24. The fourth-order valence-corrected chi connectivity index (χ4v) is 5.90. The Balaban J connectivity index is 2.00. The Labute approximate surface area is 210 Å². The van der Waals surface area contributed by atoms with Crippen LogP contribution >= 0.6 is 11.6 Å². The van der Waals surface area contributed by atoms with E-state index in [1.807, 2.05) is 6.07 Å². The lowest BCUT2D eigenvalue weighted by atomic mass is 9.58. The van der Waals surface area contributed by atoms with Gasteiger partial charge in [0.25, 0.3) is 0 Å². The number of benzene rings is 2. The lowest BCUT2D eigenvalue weighted by molar-refractivity contribution is -0.192. The Kier molecular flexibility index (Phi) is 7.62. The van der Waals surface area contributed by atoms with E-state index in [-0.39, 0.29) is 19.0 Å². The molecule has 2 aromatic rings. The van der Waals surface area contributed by atoms with E-state index < -0.39 is 35.0 Å². The van der Waals surface area contributed by atoms with Gasteiger partial charge in [-0.15, -0.1) is 0 Å². The van der Waals surface area contributed by atoms with Gasteiger partial charge in [-0.1, -0.05) is 73.3 Å². The molecule has 1 spiro atoms. The van der Waals surface area contributed by atoms with Gasteiger partial charge in [-0.05, 0) is 44.4 Å². The van der Waals surface area contributed by atoms with Crippen LogP contribution in [-0.2, 0) is 23.8 Å². The van der Waals surface area contributed by atoms with Crippen LogP contribution in [0.15, 0.2) is 54.6 Å². The average molecular weight is 499 g/mol. The van der Waals surface area contributed by atoms with Crippen molar-refractivity contribution in [3.8, 4) is 0 Å². The van der Waals surface area contributed by atoms with Gasteiger partial charge < -0.3 is 14.2 Å². The number of rotatable bonds is 7. The highest BCUT2D eigenvalue weighted by Gasteiger charge is 2.76. The maximum atomic E-state index is 14.2. The second-order valence-electron chi connectivity index (χ2n) is 9.10. The van der Waals surface area contributed by atoms with E-state index in [9.17, 15) is 14.4 Å². The summed E-state index contributed by atoms with van der Waals surface area (Å²) in [4.78, 5) is 42.2. The van der Waals surface area contributed by atoms with Crippen molar-refractivity contribution in [2.24, 2.45) is 11.3 Å². The molecule has 186 valence electrons. The van der Waals surface area contributed by atoms with Crippen molar-refractivity contribution >= 4 is 29.3 Å². The Morgan fingerprint density at radius 3 is 2.00 bits per heavy atom. The first-order chi connectivity index (χ1) is 16.9. The maximum Gasteiger partial charge on any atom is 0.327 e. The van der Waals surface area contributed by atoms with Crippen LogP contribution < -0.4 is 0 Å². The summed E-state index contributed by atoms with van der Waals surface area (Å²) in [5, 5.41) is 0.534. The van der Waals surface area contributed by atoms with Crippen LogP contribution in [0.25, 0.3) is 0 Å². The first kappa shape index (κ1) is 25.4. The largest absolute Gasteiger partial charge is 0.465 e. The van der Waals surface area contributed by atoms with Crippen molar-refractivity contribution in [3.05, 3.63) is 70.7 Å². The highest BCUT2D eigenvalue weighted by Crippen LogP contribution is 2.63. The van der Waals surface area contributed by atoms with E-state index in [1.165, 1.54) is 0 Å². The molecule has 2 fully saturated rings. The quantitative estimate of drug-likeness (QED) is 0.276. The van der Waals surface area contributed by atoms with Crippen LogP contribution in [0.3, 0.4) is 0 Å². The number of hydrogen-bond donors (Lipinski definition) is 0. The molecule has 7 heteroatoms. The highest BCUT2D eigenvalue weighted by molar-refractivity contribution is 6.30. The minimum absolute atomic E-state index is 0.0634. The first-order valence-corrected chi connectivity index (χ1v) is 12.7. The normalized spacial score (nSPS) is 22.5. The fraction of sp³-hybridized carbons (Fsp3) is 0.464. The van der Waals surface area contributed by atoms with E-state index in [2.05, 4.69) is 0 Å². The molecule has 1 aliphatic carbocycles. The van der Waals surface area contributed by atoms with Crippen molar-refractivity contribution < 1.29 is 28.6 Å². The summed E-state index contributed by atoms with van der Waals surface area (Å²) in [5.41, 5.74) is -2.09. The third kappa shape index (κ3) is 4.27. The van der Waals surface area contributed by atoms with Gasteiger partial charge in [-0.2, -0.15) is 0 Å². The number of carbonyl (C=O) groups excluding carboxylic acids is 3. The summed E-state index contributed by atoms with van der Waals surface area (Å²) < 4.78 is 17.9. The average Bonchev–Trinajstić information content (AvgIpc) is 3.16. The van der Waals surface area contributed by atoms with Crippen LogP contribution in [-0.4, -0.2) is 36.5 Å². The molecule has 6 nitrogen and oxygen atoms in total. The molecule has 1 aliphatic heterocycles. The predicted octanol–water partition coefficient (Wildman–Crippen LogP) is 5.73. The number of esters is 2. The smallest absolute Gasteiger partial charge is 0.327 e. The van der Waals surface area contributed by atoms with Crippen molar-refractivity contribution in [1.29, 1.82) is 0 Å². The van der Waals surface area contributed by atoms with Crippen LogP contribution in [0.5, 0.6) is 0 Å². The summed E-state index contributed by atoms with van der Waals surface area (Å²) in [6.45, 7) is 3.50. The molecule has 0 radical (unpaired) electrons. The van der Waals surface area contributed by atoms with Gasteiger partial charge in [0.2, 0.25) is 5.41 Å². The molecule has 0 bridgehead atoms. The number of ether oxygens (including phenoxy) is 3. The summed E-state index contributed by atoms with van der Waals surface area (Å²) in [7, 11) is 0. The summed E-state index contributed by atoms with van der Waals surface area (Å²) in [6, 6.07) is 15.7. The molecule has 1 heterocycles. The summed E-state index contributed by atoms with van der Waals surface area (Å²) in [6.07, 6.45) is 2.53. The monoisotopic (exact) mass is 498 g/mol. The Bertz CT molecular complexity index is 1040. The molecule has 2 aliphatic rings. The van der Waals surface area contributed by atoms with Gasteiger partial charge in [-0.3, -0.25) is 14.4 Å². The second-order valence-corrected chi connectivity index (χ2v) is 9.54. The maximum absolute atomic E-state index is 14.2. The molecular weight excluding hydrogens is 468 g/mol. The zero-order valence-electron chi connectivity index (χ0n) is 20.1. The predicted molar refractivity (Wildman–Crippen MR) is 131 cm³/mol. The van der Waals surface area contributed by atoms with E-state index in [1.54, 1.807) is 62.4 Å². The molecule has 0 aromatic heterocycles. The number of ketones is 1. The Hall–Kier alpha value is -2.70. The summed E-state index contributed by atoms with van der Waals surface area (Å²) >= 11 is 6.14. The standard InChI is InChI=1S/C28H31ClO6/c1-3-33-25(31)28(26(32)34-4-2)22(23(30)19-11-7-5-8-12-19)24(20-13-15-21(29)16-14-20)35-27(28)17-9-6-10-18-27/h5,7-8,11-16,22,24H,3-4,6,9-10,17-18H2,1-2H3/t22-,24-/m1/s1. The molecule has 2 atom stereocenters. The topological polar surface area (TPSA) is 78.9 Å². The number of Topliss-reactive ketones (excluding diaryl/α,β-unsaturated/α-hetero) is 1. The van der Waals surface area contributed by atoms with Gasteiger partial charge in [0, 0.05) is 10.6 Å². The van der Waals surface area contributed by atoms with Gasteiger partial charge >= 0.3 is 11.9 Å². The minimum Gasteiger partial charge on any atom is -0.465 e. The SMILES string of the molecule is CCOC(=O)C1(C(=O)OCC)[C@H](C(=O)c2ccccc2)[C@@H](c2ccc(Cl)cc2)OC12CCCCC2. The van der Waals surface area contributed by atoms with Crippen molar-refractivity contribution in [2.45, 2.75) is 57.7 Å². The number of carbonyl (C=O) groups is 3. The van der Waals surface area contributed by atoms with Crippen LogP contribution in [0.1, 0.15) is 68.0 Å². The van der Waals surface area contributed by atoms with Gasteiger partial charge in [-0.25, -0.2) is 0 Å². The molecule has 0 amide bonds. The third-order valence-corrected chi connectivity index (χ3v) is 7.49. The second kappa shape index (κ2) is 10.5. The van der Waals surface area contributed by atoms with E-state index >= 15 is 0 Å². The van der Waals surface area contributed by atoms with Gasteiger partial charge in [0.1, 0.15) is 0 Å². The summed E-state index contributed by atoms with van der Waals surface area (Å²) in [5.74, 6) is -3.03. The van der Waals surface area contributed by atoms with Crippen LogP contribution in [0.2, 0.25) is 5.02 Å². The molecule has 1 saturated heterocycles. The van der Waals surface area contributed by atoms with Gasteiger partial charge in [0.05, 0.1) is 30.8 Å².